The van der Waals surface area contributed by atoms with Gasteiger partial charge in [0.25, 0.3) is 0 Å². The molecule has 0 spiro atoms. The first-order chi connectivity index (χ1) is 26.9. The van der Waals surface area contributed by atoms with Gasteiger partial charge in [-0.2, -0.15) is 18.4 Å². The Morgan fingerprint density at radius 2 is 1.04 bits per heavy atom. The second-order valence-electron chi connectivity index (χ2n) is 13.1. The molecular formula is C47H28F3N5. The molecule has 0 aliphatic carbocycles. The van der Waals surface area contributed by atoms with Crippen molar-refractivity contribution in [3.8, 4) is 68.2 Å². The van der Waals surface area contributed by atoms with E-state index in [-0.39, 0.29) is 11.4 Å². The zero-order chi connectivity index (χ0) is 37.5. The standard InChI is InChI=1S/C47H28F3N5/c48-47(49,50)41-17-9-7-15-37(41)36-26-24-35(28-40(36)46-53-44(32-11-3-1-4-12-32)52-45(54-46)33-13-5-2-6-14-33)55-42-18-10-8-16-38(42)39-25-23-34(27-43(39)55)31-21-19-30(29-51)20-22-31/h1-28H. The third-order valence-corrected chi connectivity index (χ3v) is 9.75. The molecule has 262 valence electrons. The molecule has 0 saturated heterocycles. The van der Waals surface area contributed by atoms with Gasteiger partial charge < -0.3 is 4.57 Å². The second kappa shape index (κ2) is 13.6. The molecule has 5 nitrogen and oxygen atoms in total. The lowest BCUT2D eigenvalue weighted by Crippen LogP contribution is -2.08. The Bertz CT molecular complexity index is 2850. The molecule has 0 amide bonds. The molecule has 0 bridgehead atoms. The van der Waals surface area contributed by atoms with Crippen LogP contribution in [0.1, 0.15) is 11.1 Å². The van der Waals surface area contributed by atoms with E-state index in [0.717, 1.165) is 50.1 Å². The van der Waals surface area contributed by atoms with E-state index in [4.69, 9.17) is 15.0 Å². The highest BCUT2D eigenvalue weighted by Gasteiger charge is 2.34. The molecule has 2 heterocycles. The van der Waals surface area contributed by atoms with Crippen LogP contribution in [0.25, 0.3) is 83.9 Å². The van der Waals surface area contributed by atoms with Crippen molar-refractivity contribution in [1.29, 1.82) is 5.26 Å². The van der Waals surface area contributed by atoms with E-state index in [0.29, 0.717) is 34.0 Å². The molecule has 0 saturated carbocycles. The second-order valence-corrected chi connectivity index (χ2v) is 13.1. The van der Waals surface area contributed by atoms with E-state index in [1.165, 1.54) is 12.1 Å². The van der Waals surface area contributed by atoms with Crippen LogP contribution in [-0.2, 0) is 6.18 Å². The van der Waals surface area contributed by atoms with Crippen LogP contribution in [0.5, 0.6) is 0 Å². The lowest BCUT2D eigenvalue weighted by Gasteiger charge is -2.18. The molecule has 7 aromatic carbocycles. The highest BCUT2D eigenvalue weighted by atomic mass is 19.4. The number of halogens is 3. The molecule has 0 unspecified atom stereocenters. The van der Waals surface area contributed by atoms with Gasteiger partial charge in [-0.25, -0.2) is 15.0 Å². The Labute approximate surface area is 314 Å². The number of nitriles is 1. The predicted octanol–water partition coefficient (Wildman–Crippen LogP) is 12.2. The molecule has 0 aliphatic rings. The monoisotopic (exact) mass is 719 g/mol. The molecule has 9 aromatic rings. The number of para-hydroxylation sites is 1. The molecule has 0 fully saturated rings. The summed E-state index contributed by atoms with van der Waals surface area (Å²) < 4.78 is 46.1. The number of hydrogen-bond acceptors (Lipinski definition) is 4. The Hall–Kier alpha value is -7.37. The average molecular weight is 720 g/mol. The molecule has 0 aliphatic heterocycles. The summed E-state index contributed by atoms with van der Waals surface area (Å²) in [6, 6.07) is 53.9. The molecule has 0 N–H and O–H groups in total. The minimum atomic E-state index is -4.61. The summed E-state index contributed by atoms with van der Waals surface area (Å²) in [5.74, 6) is 1.03. The van der Waals surface area contributed by atoms with E-state index in [1.54, 1.807) is 24.3 Å². The lowest BCUT2D eigenvalue weighted by molar-refractivity contribution is -0.137. The minimum Gasteiger partial charge on any atom is -0.309 e. The third-order valence-electron chi connectivity index (χ3n) is 9.75. The Balaban J connectivity index is 1.34. The number of alkyl halides is 3. The molecular weight excluding hydrogens is 692 g/mol. The van der Waals surface area contributed by atoms with Gasteiger partial charge in [-0.05, 0) is 64.7 Å². The first-order valence-electron chi connectivity index (χ1n) is 17.6. The zero-order valence-corrected chi connectivity index (χ0v) is 29.0. The molecule has 0 radical (unpaired) electrons. The topological polar surface area (TPSA) is 67.4 Å². The van der Waals surface area contributed by atoms with Gasteiger partial charge in [0.15, 0.2) is 17.5 Å². The molecule has 2 aromatic heterocycles. The number of fused-ring (bicyclic) bond motifs is 3. The fourth-order valence-electron chi connectivity index (χ4n) is 7.15. The lowest BCUT2D eigenvalue weighted by atomic mass is 9.94. The SMILES string of the molecule is N#Cc1ccc(-c2ccc3c4ccccc4n(-c4ccc(-c5ccccc5C(F)(F)F)c(-c5nc(-c6ccccc6)nc(-c6ccccc6)n5)c4)c3c2)cc1. The summed E-state index contributed by atoms with van der Waals surface area (Å²) in [5.41, 5.74) is 6.52. The van der Waals surface area contributed by atoms with Gasteiger partial charge in [-0.15, -0.1) is 0 Å². The van der Waals surface area contributed by atoms with Crippen molar-refractivity contribution in [1.82, 2.24) is 19.5 Å². The van der Waals surface area contributed by atoms with Crippen LogP contribution in [0.2, 0.25) is 0 Å². The highest BCUT2D eigenvalue weighted by molar-refractivity contribution is 6.10. The Kier molecular flexibility index (Phi) is 8.25. The smallest absolute Gasteiger partial charge is 0.309 e. The summed E-state index contributed by atoms with van der Waals surface area (Å²) >= 11 is 0. The van der Waals surface area contributed by atoms with Crippen LogP contribution >= 0.6 is 0 Å². The maximum Gasteiger partial charge on any atom is 0.417 e. The predicted molar refractivity (Wildman–Crippen MR) is 211 cm³/mol. The van der Waals surface area contributed by atoms with E-state index >= 15 is 0 Å². The molecule has 0 atom stereocenters. The van der Waals surface area contributed by atoms with Crippen LogP contribution in [0.15, 0.2) is 170 Å². The van der Waals surface area contributed by atoms with Crippen LogP contribution in [-0.4, -0.2) is 19.5 Å². The minimum absolute atomic E-state index is 0.0183. The van der Waals surface area contributed by atoms with Gasteiger partial charge in [0.1, 0.15) is 0 Å². The first-order valence-corrected chi connectivity index (χ1v) is 17.6. The van der Waals surface area contributed by atoms with E-state index in [2.05, 4.69) is 34.9 Å². The normalized spacial score (nSPS) is 11.5. The van der Waals surface area contributed by atoms with Crippen molar-refractivity contribution < 1.29 is 13.2 Å². The van der Waals surface area contributed by atoms with Gasteiger partial charge in [0.2, 0.25) is 0 Å². The molecule has 55 heavy (non-hydrogen) atoms. The van der Waals surface area contributed by atoms with E-state index in [9.17, 15) is 18.4 Å². The summed E-state index contributed by atoms with van der Waals surface area (Å²) in [6.45, 7) is 0. The van der Waals surface area contributed by atoms with Gasteiger partial charge in [-0.3, -0.25) is 0 Å². The van der Waals surface area contributed by atoms with Crippen molar-refractivity contribution >= 4 is 21.8 Å². The van der Waals surface area contributed by atoms with Gasteiger partial charge in [-0.1, -0.05) is 127 Å². The van der Waals surface area contributed by atoms with Crippen molar-refractivity contribution in [3.63, 3.8) is 0 Å². The number of rotatable bonds is 6. The highest BCUT2D eigenvalue weighted by Crippen LogP contribution is 2.43. The number of benzene rings is 7. The maximum absolute atomic E-state index is 14.6. The first kappa shape index (κ1) is 33.5. The summed E-state index contributed by atoms with van der Waals surface area (Å²) in [5, 5.41) is 11.4. The van der Waals surface area contributed by atoms with Gasteiger partial charge >= 0.3 is 6.18 Å². The van der Waals surface area contributed by atoms with Gasteiger partial charge in [0, 0.05) is 33.2 Å². The number of hydrogen-bond donors (Lipinski definition) is 0. The zero-order valence-electron chi connectivity index (χ0n) is 29.0. The van der Waals surface area contributed by atoms with E-state index in [1.807, 2.05) is 103 Å². The fourth-order valence-corrected chi connectivity index (χ4v) is 7.15. The Morgan fingerprint density at radius 1 is 0.455 bits per heavy atom. The van der Waals surface area contributed by atoms with Crippen LogP contribution < -0.4 is 0 Å². The summed E-state index contributed by atoms with van der Waals surface area (Å²) in [7, 11) is 0. The van der Waals surface area contributed by atoms with Crippen LogP contribution in [0.3, 0.4) is 0 Å². The summed E-state index contributed by atoms with van der Waals surface area (Å²) in [6.07, 6.45) is -4.61. The summed E-state index contributed by atoms with van der Waals surface area (Å²) in [4.78, 5) is 14.8. The van der Waals surface area contributed by atoms with Crippen LogP contribution in [0.4, 0.5) is 13.2 Å². The third kappa shape index (κ3) is 6.18. The Morgan fingerprint density at radius 3 is 1.71 bits per heavy atom. The molecule has 8 heteroatoms. The largest absolute Gasteiger partial charge is 0.417 e. The van der Waals surface area contributed by atoms with Crippen LogP contribution in [0, 0.1) is 11.3 Å². The quantitative estimate of drug-likeness (QED) is 0.172. The van der Waals surface area contributed by atoms with Crippen molar-refractivity contribution in [2.75, 3.05) is 0 Å². The fraction of sp³-hybridized carbons (Fsp3) is 0.0213. The van der Waals surface area contributed by atoms with Gasteiger partial charge in [0.05, 0.1) is 28.2 Å². The number of aromatic nitrogens is 4. The molecule has 9 rings (SSSR count). The van der Waals surface area contributed by atoms with Crippen molar-refractivity contribution in [2.45, 2.75) is 6.18 Å². The van der Waals surface area contributed by atoms with E-state index < -0.39 is 11.7 Å². The van der Waals surface area contributed by atoms with Crippen molar-refractivity contribution in [3.05, 3.63) is 181 Å². The average Bonchev–Trinajstić information content (AvgIpc) is 3.57. The van der Waals surface area contributed by atoms with Crippen molar-refractivity contribution in [2.24, 2.45) is 0 Å². The maximum atomic E-state index is 14.6. The number of nitrogens with zero attached hydrogens (tertiary/aromatic N) is 5.